The zero-order valence-corrected chi connectivity index (χ0v) is 23.7. The molecule has 0 bridgehead atoms. The van der Waals surface area contributed by atoms with Gasteiger partial charge >= 0.3 is 11.9 Å². The van der Waals surface area contributed by atoms with Crippen LogP contribution >= 0.6 is 0 Å². The van der Waals surface area contributed by atoms with Crippen molar-refractivity contribution in [2.45, 2.75) is 104 Å². The molecule has 0 spiro atoms. The SMILES string of the molecule is CCOC(=O)C[C@@H]1[C@H](C)[C@@H](O[Si](C(C)C)(C(C)C)C(C)C)CC[C@@]1(C)C(=O)Oc1ccccc1. The molecule has 0 unspecified atom stereocenters. The molecule has 2 rings (SSSR count). The molecule has 6 heteroatoms. The van der Waals surface area contributed by atoms with E-state index in [2.05, 4.69) is 48.5 Å². The number of hydrogen-bond acceptors (Lipinski definition) is 5. The molecule has 0 saturated heterocycles. The van der Waals surface area contributed by atoms with E-state index >= 15 is 0 Å². The number of ether oxygens (including phenoxy) is 2. The summed E-state index contributed by atoms with van der Waals surface area (Å²) in [5.41, 5.74) is 0.623. The van der Waals surface area contributed by atoms with Gasteiger partial charge in [0, 0.05) is 12.5 Å². The number of hydrogen-bond donors (Lipinski definition) is 0. The lowest BCUT2D eigenvalue weighted by atomic mass is 9.61. The van der Waals surface area contributed by atoms with Crippen molar-refractivity contribution < 1.29 is 23.5 Å². The van der Waals surface area contributed by atoms with E-state index < -0.39 is 13.7 Å². The predicted octanol–water partition coefficient (Wildman–Crippen LogP) is 7.16. The number of rotatable bonds is 10. The monoisotopic (exact) mass is 490 g/mol. The Labute approximate surface area is 208 Å². The van der Waals surface area contributed by atoms with Gasteiger partial charge in [-0.15, -0.1) is 0 Å². The molecule has 1 aliphatic carbocycles. The van der Waals surface area contributed by atoms with Crippen LogP contribution in [0.5, 0.6) is 5.75 Å². The standard InChI is InChI=1S/C28H46O5Si/c1-10-31-26(29)18-24-22(8)25(33-34(19(2)3,20(4)5)21(6)7)16-17-28(24,9)27(30)32-23-14-12-11-13-15-23/h11-15,19-22,24-25H,10,16-18H2,1-9H3/t22-,24+,25-,28+/m0/s1. The summed E-state index contributed by atoms with van der Waals surface area (Å²) >= 11 is 0. The first kappa shape index (κ1) is 28.6. The van der Waals surface area contributed by atoms with Crippen LogP contribution < -0.4 is 4.74 Å². The van der Waals surface area contributed by atoms with Crippen molar-refractivity contribution in [1.29, 1.82) is 0 Å². The van der Waals surface area contributed by atoms with Gasteiger partial charge in [-0.3, -0.25) is 9.59 Å². The predicted molar refractivity (Wildman–Crippen MR) is 139 cm³/mol. The molecule has 0 heterocycles. The Morgan fingerprint density at radius 1 is 1.03 bits per heavy atom. The zero-order chi connectivity index (χ0) is 25.7. The van der Waals surface area contributed by atoms with Crippen LogP contribution in [0.3, 0.4) is 0 Å². The molecule has 0 radical (unpaired) electrons. The smallest absolute Gasteiger partial charge is 0.317 e. The first-order valence-electron chi connectivity index (χ1n) is 13.0. The summed E-state index contributed by atoms with van der Waals surface area (Å²) in [4.78, 5) is 26.1. The Hall–Kier alpha value is -1.66. The lowest BCUT2D eigenvalue weighted by Crippen LogP contribution is -2.56. The van der Waals surface area contributed by atoms with Gasteiger partial charge in [-0.2, -0.15) is 0 Å². The van der Waals surface area contributed by atoms with Gasteiger partial charge in [-0.25, -0.2) is 0 Å². The molecule has 0 N–H and O–H groups in total. The summed E-state index contributed by atoms with van der Waals surface area (Å²) in [6.45, 7) is 20.0. The summed E-state index contributed by atoms with van der Waals surface area (Å²) in [6.07, 6.45) is 1.60. The molecule has 0 amide bonds. The summed E-state index contributed by atoms with van der Waals surface area (Å²) in [6, 6.07) is 9.16. The Morgan fingerprint density at radius 2 is 1.59 bits per heavy atom. The van der Waals surface area contributed by atoms with E-state index in [1.807, 2.05) is 32.0 Å². The maximum atomic E-state index is 13.5. The van der Waals surface area contributed by atoms with Crippen LogP contribution in [0.25, 0.3) is 0 Å². The molecule has 0 aromatic heterocycles. The van der Waals surface area contributed by atoms with Crippen LogP contribution in [0.4, 0.5) is 0 Å². The quantitative estimate of drug-likeness (QED) is 0.198. The first-order chi connectivity index (χ1) is 15.9. The van der Waals surface area contributed by atoms with Gasteiger partial charge in [-0.1, -0.05) is 66.7 Å². The summed E-state index contributed by atoms with van der Waals surface area (Å²) in [5.74, 6) is -0.216. The van der Waals surface area contributed by atoms with Gasteiger partial charge in [0.1, 0.15) is 5.75 Å². The molecule has 0 aliphatic heterocycles. The number of carbonyl (C=O) groups is 2. The van der Waals surface area contributed by atoms with Gasteiger partial charge < -0.3 is 13.9 Å². The highest BCUT2D eigenvalue weighted by molar-refractivity contribution is 6.77. The average Bonchev–Trinajstić information content (AvgIpc) is 2.76. The number of benzene rings is 1. The minimum absolute atomic E-state index is 0.0101. The van der Waals surface area contributed by atoms with Gasteiger partial charge in [0.05, 0.1) is 12.0 Å². The highest BCUT2D eigenvalue weighted by Gasteiger charge is 2.54. The molecule has 4 atom stereocenters. The Kier molecular flexibility index (Phi) is 9.96. The Balaban J connectivity index is 2.38. The lowest BCUT2D eigenvalue weighted by Gasteiger charge is -2.51. The van der Waals surface area contributed by atoms with E-state index in [1.165, 1.54) is 0 Å². The van der Waals surface area contributed by atoms with Gasteiger partial charge in [0.25, 0.3) is 0 Å². The van der Waals surface area contributed by atoms with Gasteiger partial charge in [0.15, 0.2) is 0 Å². The second kappa shape index (κ2) is 11.8. The van der Waals surface area contributed by atoms with Crippen LogP contribution in [0.2, 0.25) is 16.6 Å². The van der Waals surface area contributed by atoms with Crippen LogP contribution in [-0.2, 0) is 18.8 Å². The summed E-state index contributed by atoms with van der Waals surface area (Å²) in [5, 5.41) is 0. The van der Waals surface area contributed by atoms with E-state index in [0.29, 0.717) is 35.4 Å². The fraction of sp³-hybridized carbons (Fsp3) is 0.714. The molecule has 1 aromatic rings. The fourth-order valence-corrected chi connectivity index (χ4v) is 12.0. The average molecular weight is 491 g/mol. The van der Waals surface area contributed by atoms with Crippen LogP contribution in [0.15, 0.2) is 30.3 Å². The molecule has 1 aliphatic rings. The molecule has 192 valence electrons. The lowest BCUT2D eigenvalue weighted by molar-refractivity contribution is -0.160. The third-order valence-electron chi connectivity index (χ3n) is 8.16. The van der Waals surface area contributed by atoms with Crippen molar-refractivity contribution >= 4 is 20.3 Å². The maximum Gasteiger partial charge on any atom is 0.317 e. The Morgan fingerprint density at radius 3 is 2.09 bits per heavy atom. The highest BCUT2D eigenvalue weighted by atomic mass is 28.4. The normalized spacial score (nSPS) is 25.6. The molecule has 1 fully saturated rings. The first-order valence-corrected chi connectivity index (χ1v) is 15.1. The molecule has 34 heavy (non-hydrogen) atoms. The maximum absolute atomic E-state index is 13.5. The second-order valence-electron chi connectivity index (χ2n) is 11.1. The largest absolute Gasteiger partial charge is 0.466 e. The molecule has 5 nitrogen and oxygen atoms in total. The van der Waals surface area contributed by atoms with E-state index in [-0.39, 0.29) is 36.3 Å². The summed E-state index contributed by atoms with van der Waals surface area (Å²) < 4.78 is 18.3. The van der Waals surface area contributed by atoms with E-state index in [4.69, 9.17) is 13.9 Å². The van der Waals surface area contributed by atoms with Crippen molar-refractivity contribution in [3.05, 3.63) is 30.3 Å². The molecule has 1 saturated carbocycles. The minimum Gasteiger partial charge on any atom is -0.466 e. The van der Waals surface area contributed by atoms with Gasteiger partial charge in [0.2, 0.25) is 8.32 Å². The van der Waals surface area contributed by atoms with E-state index in [9.17, 15) is 9.59 Å². The number of esters is 2. The third kappa shape index (κ3) is 5.93. The van der Waals surface area contributed by atoms with Crippen LogP contribution in [0, 0.1) is 17.3 Å². The topological polar surface area (TPSA) is 61.8 Å². The van der Waals surface area contributed by atoms with Crippen molar-refractivity contribution in [3.8, 4) is 5.75 Å². The highest BCUT2D eigenvalue weighted by Crippen LogP contribution is 2.51. The number of carbonyl (C=O) groups excluding carboxylic acids is 2. The van der Waals surface area contributed by atoms with Crippen molar-refractivity contribution in [2.24, 2.45) is 17.3 Å². The number of para-hydroxylation sites is 1. The second-order valence-corrected chi connectivity index (χ2v) is 16.5. The molecular formula is C28H46O5Si. The minimum atomic E-state index is -2.11. The zero-order valence-electron chi connectivity index (χ0n) is 22.7. The Bertz CT molecular complexity index is 784. The fourth-order valence-electron chi connectivity index (χ4n) is 6.34. The molecular weight excluding hydrogens is 444 g/mol. The van der Waals surface area contributed by atoms with Crippen LogP contribution in [-0.4, -0.2) is 33.0 Å². The summed E-state index contributed by atoms with van der Waals surface area (Å²) in [7, 11) is -2.11. The van der Waals surface area contributed by atoms with Gasteiger partial charge in [-0.05, 0) is 67.3 Å². The molecule has 1 aromatic carbocycles. The van der Waals surface area contributed by atoms with Crippen molar-refractivity contribution in [1.82, 2.24) is 0 Å². The van der Waals surface area contributed by atoms with Crippen LogP contribution in [0.1, 0.15) is 81.6 Å². The van der Waals surface area contributed by atoms with E-state index in [0.717, 1.165) is 6.42 Å². The van der Waals surface area contributed by atoms with Crippen molar-refractivity contribution in [2.75, 3.05) is 6.61 Å². The third-order valence-corrected chi connectivity index (χ3v) is 14.3. The van der Waals surface area contributed by atoms with E-state index in [1.54, 1.807) is 12.1 Å². The van der Waals surface area contributed by atoms with Crippen molar-refractivity contribution in [3.63, 3.8) is 0 Å².